The molecule has 3 heteroatoms. The Morgan fingerprint density at radius 1 is 0.857 bits per heavy atom. The molecule has 4 unspecified atom stereocenters. The maximum atomic E-state index is 6.50. The van der Waals surface area contributed by atoms with Gasteiger partial charge in [0, 0.05) is 13.2 Å². The number of hydrogen-bond donors (Lipinski definition) is 0. The normalized spacial score (nSPS) is 28.9. The second-order valence-electron chi connectivity index (χ2n) is 6.70. The summed E-state index contributed by atoms with van der Waals surface area (Å²) in [5.41, 5.74) is 0. The molecule has 2 saturated heterocycles. The minimum atomic E-state index is 0.371. The van der Waals surface area contributed by atoms with Gasteiger partial charge >= 0.3 is 0 Å². The summed E-state index contributed by atoms with van der Waals surface area (Å²) in [5.74, 6) is 0. The molecule has 0 aromatic carbocycles. The van der Waals surface area contributed by atoms with Crippen LogP contribution in [0.4, 0.5) is 0 Å². The molecule has 0 radical (unpaired) electrons. The van der Waals surface area contributed by atoms with Crippen molar-refractivity contribution in [2.45, 2.75) is 102 Å². The third-order valence-electron chi connectivity index (χ3n) is 4.71. The second-order valence-corrected chi connectivity index (χ2v) is 6.70. The predicted molar refractivity (Wildman–Crippen MR) is 85.7 cm³/mol. The molecule has 0 saturated carbocycles. The van der Waals surface area contributed by atoms with E-state index >= 15 is 0 Å². The van der Waals surface area contributed by atoms with Crippen molar-refractivity contribution in [1.82, 2.24) is 0 Å². The Kier molecular flexibility index (Phi) is 8.05. The first kappa shape index (κ1) is 17.2. The first-order valence-electron chi connectivity index (χ1n) is 9.20. The molecule has 0 bridgehead atoms. The lowest BCUT2D eigenvalue weighted by molar-refractivity contribution is -0.0654. The Morgan fingerprint density at radius 2 is 1.33 bits per heavy atom. The van der Waals surface area contributed by atoms with Gasteiger partial charge in [-0.25, -0.2) is 0 Å². The first-order chi connectivity index (χ1) is 10.3. The third kappa shape index (κ3) is 6.25. The summed E-state index contributed by atoms with van der Waals surface area (Å²) in [4.78, 5) is 0. The molecule has 0 aliphatic carbocycles. The molecular formula is C18H34O3. The van der Waals surface area contributed by atoms with Gasteiger partial charge in [0.2, 0.25) is 0 Å². The van der Waals surface area contributed by atoms with Crippen molar-refractivity contribution in [3.8, 4) is 0 Å². The molecular weight excluding hydrogens is 264 g/mol. The van der Waals surface area contributed by atoms with Crippen molar-refractivity contribution < 1.29 is 14.2 Å². The van der Waals surface area contributed by atoms with Crippen molar-refractivity contribution in [1.29, 1.82) is 0 Å². The average Bonchev–Trinajstić information content (AvgIpc) is 3.12. The summed E-state index contributed by atoms with van der Waals surface area (Å²) >= 11 is 0. The molecule has 3 nitrogen and oxygen atoms in total. The molecule has 2 aliphatic rings. The predicted octanol–water partition coefficient (Wildman–Crippen LogP) is 4.48. The van der Waals surface area contributed by atoms with E-state index in [9.17, 15) is 0 Å². The van der Waals surface area contributed by atoms with Gasteiger partial charge in [0.1, 0.15) is 0 Å². The van der Waals surface area contributed by atoms with E-state index in [1.165, 1.54) is 38.5 Å². The summed E-state index contributed by atoms with van der Waals surface area (Å²) in [6, 6.07) is 0. The largest absolute Gasteiger partial charge is 0.378 e. The zero-order valence-electron chi connectivity index (χ0n) is 14.0. The van der Waals surface area contributed by atoms with Crippen molar-refractivity contribution in [2.24, 2.45) is 0 Å². The Morgan fingerprint density at radius 3 is 1.67 bits per heavy atom. The van der Waals surface area contributed by atoms with E-state index in [4.69, 9.17) is 14.2 Å². The fourth-order valence-electron chi connectivity index (χ4n) is 3.65. The summed E-state index contributed by atoms with van der Waals surface area (Å²) in [6.07, 6.45) is 13.4. The number of ether oxygens (including phenoxy) is 3. The smallest absolute Gasteiger partial charge is 0.0603 e. The fourth-order valence-corrected chi connectivity index (χ4v) is 3.65. The number of hydrogen-bond acceptors (Lipinski definition) is 3. The van der Waals surface area contributed by atoms with Crippen molar-refractivity contribution in [3.05, 3.63) is 0 Å². The van der Waals surface area contributed by atoms with Crippen LogP contribution in [0.25, 0.3) is 0 Å². The van der Waals surface area contributed by atoms with Gasteiger partial charge in [0.15, 0.2) is 0 Å². The Hall–Kier alpha value is -0.120. The van der Waals surface area contributed by atoms with Crippen LogP contribution in [-0.4, -0.2) is 37.6 Å². The Labute approximate surface area is 130 Å². The van der Waals surface area contributed by atoms with E-state index in [-0.39, 0.29) is 0 Å². The highest BCUT2D eigenvalue weighted by atomic mass is 16.5. The van der Waals surface area contributed by atoms with E-state index in [2.05, 4.69) is 13.8 Å². The van der Waals surface area contributed by atoms with Crippen molar-refractivity contribution >= 4 is 0 Å². The van der Waals surface area contributed by atoms with Gasteiger partial charge in [-0.2, -0.15) is 0 Å². The zero-order valence-corrected chi connectivity index (χ0v) is 14.0. The van der Waals surface area contributed by atoms with Crippen LogP contribution < -0.4 is 0 Å². The lowest BCUT2D eigenvalue weighted by Crippen LogP contribution is -2.29. The summed E-state index contributed by atoms with van der Waals surface area (Å²) in [6.45, 7) is 6.39. The molecule has 0 aromatic heterocycles. The van der Waals surface area contributed by atoms with Crippen LogP contribution in [0.1, 0.15) is 78.1 Å². The highest BCUT2D eigenvalue weighted by Gasteiger charge is 2.26. The first-order valence-corrected chi connectivity index (χ1v) is 9.20. The standard InChI is InChI=1S/C18H34O3/c1-3-7-17(13-15-9-5-11-19-15)21-18(8-4-2)14-16-10-6-12-20-16/h15-18H,3-14H2,1-2H3. The minimum absolute atomic E-state index is 0.371. The van der Waals surface area contributed by atoms with Gasteiger partial charge in [0.05, 0.1) is 24.4 Å². The van der Waals surface area contributed by atoms with Crippen molar-refractivity contribution in [2.75, 3.05) is 13.2 Å². The molecule has 0 aromatic rings. The molecule has 2 aliphatic heterocycles. The van der Waals surface area contributed by atoms with E-state index < -0.39 is 0 Å². The monoisotopic (exact) mass is 298 g/mol. The van der Waals surface area contributed by atoms with Crippen LogP contribution in [0.2, 0.25) is 0 Å². The topological polar surface area (TPSA) is 27.7 Å². The van der Waals surface area contributed by atoms with Crippen LogP contribution in [0, 0.1) is 0 Å². The van der Waals surface area contributed by atoms with Gasteiger partial charge < -0.3 is 14.2 Å². The molecule has 124 valence electrons. The quantitative estimate of drug-likeness (QED) is 0.595. The SMILES string of the molecule is CCCC(CC1CCCO1)OC(CCC)CC1CCCO1. The van der Waals surface area contributed by atoms with Crippen LogP contribution >= 0.6 is 0 Å². The third-order valence-corrected chi connectivity index (χ3v) is 4.71. The van der Waals surface area contributed by atoms with Gasteiger partial charge in [-0.05, 0) is 51.4 Å². The van der Waals surface area contributed by atoms with E-state index in [1.807, 2.05) is 0 Å². The second kappa shape index (κ2) is 9.81. The summed E-state index contributed by atoms with van der Waals surface area (Å²) in [7, 11) is 0. The maximum absolute atomic E-state index is 6.50. The van der Waals surface area contributed by atoms with E-state index in [0.717, 1.165) is 38.9 Å². The highest BCUT2D eigenvalue weighted by Crippen LogP contribution is 2.26. The molecule has 2 fully saturated rings. The fraction of sp³-hybridized carbons (Fsp3) is 1.00. The number of rotatable bonds is 10. The van der Waals surface area contributed by atoms with Crippen LogP contribution in [0.15, 0.2) is 0 Å². The Balaban J connectivity index is 1.80. The maximum Gasteiger partial charge on any atom is 0.0603 e. The zero-order chi connectivity index (χ0) is 14.9. The Bertz CT molecular complexity index is 231. The minimum Gasteiger partial charge on any atom is -0.378 e. The molecule has 4 atom stereocenters. The van der Waals surface area contributed by atoms with E-state index in [1.54, 1.807) is 0 Å². The van der Waals surface area contributed by atoms with Crippen LogP contribution in [0.5, 0.6) is 0 Å². The summed E-state index contributed by atoms with van der Waals surface area (Å²) in [5, 5.41) is 0. The van der Waals surface area contributed by atoms with Gasteiger partial charge in [-0.1, -0.05) is 26.7 Å². The molecule has 2 heterocycles. The van der Waals surface area contributed by atoms with E-state index in [0.29, 0.717) is 24.4 Å². The van der Waals surface area contributed by atoms with Crippen LogP contribution in [0.3, 0.4) is 0 Å². The molecule has 0 amide bonds. The molecule has 0 spiro atoms. The lowest BCUT2D eigenvalue weighted by atomic mass is 10.0. The van der Waals surface area contributed by atoms with Gasteiger partial charge in [0.25, 0.3) is 0 Å². The summed E-state index contributed by atoms with van der Waals surface area (Å²) < 4.78 is 18.1. The lowest BCUT2D eigenvalue weighted by Gasteiger charge is -2.28. The van der Waals surface area contributed by atoms with Gasteiger partial charge in [-0.3, -0.25) is 0 Å². The highest BCUT2D eigenvalue weighted by molar-refractivity contribution is 4.75. The average molecular weight is 298 g/mol. The molecule has 21 heavy (non-hydrogen) atoms. The molecule has 2 rings (SSSR count). The van der Waals surface area contributed by atoms with Crippen LogP contribution in [-0.2, 0) is 14.2 Å². The van der Waals surface area contributed by atoms with Crippen molar-refractivity contribution in [3.63, 3.8) is 0 Å². The van der Waals surface area contributed by atoms with Gasteiger partial charge in [-0.15, -0.1) is 0 Å². The molecule has 0 N–H and O–H groups in total.